The highest BCUT2D eigenvalue weighted by atomic mass is 79.9. The molecule has 0 aliphatic carbocycles. The summed E-state index contributed by atoms with van der Waals surface area (Å²) in [6, 6.07) is 4.11. The molecule has 2 rings (SSSR count). The molecule has 0 amide bonds. The molecule has 20 heavy (non-hydrogen) atoms. The molecule has 6 nitrogen and oxygen atoms in total. The van der Waals surface area contributed by atoms with Crippen LogP contribution in [0.4, 0.5) is 5.69 Å². The van der Waals surface area contributed by atoms with Crippen LogP contribution >= 0.6 is 15.9 Å². The number of ether oxygens (including phenoxy) is 1. The minimum atomic E-state index is -3.53. The van der Waals surface area contributed by atoms with E-state index in [1.807, 2.05) is 0 Å². The van der Waals surface area contributed by atoms with Gasteiger partial charge in [0, 0.05) is 11.1 Å². The quantitative estimate of drug-likeness (QED) is 0.835. The molecule has 1 aromatic rings. The largest absolute Gasteiger partial charge is 0.478 e. The first-order valence-electron chi connectivity index (χ1n) is 6.02. The highest BCUT2D eigenvalue weighted by molar-refractivity contribution is 9.10. The molecule has 0 radical (unpaired) electrons. The van der Waals surface area contributed by atoms with Gasteiger partial charge in [0.2, 0.25) is 10.0 Å². The molecule has 1 unspecified atom stereocenters. The third-order valence-corrected chi connectivity index (χ3v) is 4.91. The van der Waals surface area contributed by atoms with Crippen LogP contribution in [0.15, 0.2) is 22.7 Å². The molecule has 110 valence electrons. The van der Waals surface area contributed by atoms with Crippen molar-refractivity contribution in [1.82, 2.24) is 0 Å². The van der Waals surface area contributed by atoms with Crippen LogP contribution in [-0.2, 0) is 14.8 Å². The summed E-state index contributed by atoms with van der Waals surface area (Å²) in [4.78, 5) is 10.8. The number of rotatable bonds is 5. The fraction of sp³-hybridized carbons (Fsp3) is 0.417. The number of benzene rings is 1. The predicted octanol–water partition coefficient (Wildman–Crippen LogP) is 2.07. The maximum atomic E-state index is 12.0. The number of aromatic carboxylic acids is 1. The first-order chi connectivity index (χ1) is 9.37. The van der Waals surface area contributed by atoms with E-state index in [-0.39, 0.29) is 17.4 Å². The SMILES string of the molecule is O=C(O)c1ccc(NS(=O)(=O)CC2CCCO2)c(Br)c1. The Morgan fingerprint density at radius 3 is 2.80 bits per heavy atom. The molecule has 0 spiro atoms. The van der Waals surface area contributed by atoms with E-state index in [0.717, 1.165) is 12.8 Å². The van der Waals surface area contributed by atoms with Crippen molar-refractivity contribution in [2.75, 3.05) is 17.1 Å². The van der Waals surface area contributed by atoms with Crippen LogP contribution in [0.2, 0.25) is 0 Å². The average Bonchev–Trinajstić information content (AvgIpc) is 2.83. The van der Waals surface area contributed by atoms with Gasteiger partial charge in [0.05, 0.1) is 23.1 Å². The molecule has 1 atom stereocenters. The summed E-state index contributed by atoms with van der Waals surface area (Å²) in [5.74, 6) is -1.17. The van der Waals surface area contributed by atoms with Crippen LogP contribution in [0.5, 0.6) is 0 Å². The molecule has 1 saturated heterocycles. The van der Waals surface area contributed by atoms with Crippen molar-refractivity contribution in [2.24, 2.45) is 0 Å². The Kier molecular flexibility index (Phi) is 4.66. The number of carbonyl (C=O) groups is 1. The summed E-state index contributed by atoms with van der Waals surface area (Å²) < 4.78 is 32.1. The second-order valence-electron chi connectivity index (χ2n) is 4.52. The monoisotopic (exact) mass is 363 g/mol. The minimum absolute atomic E-state index is 0.0824. The van der Waals surface area contributed by atoms with Crippen molar-refractivity contribution >= 4 is 37.6 Å². The Bertz CT molecular complexity index is 610. The number of sulfonamides is 1. The van der Waals surface area contributed by atoms with E-state index in [2.05, 4.69) is 20.7 Å². The maximum absolute atomic E-state index is 12.0. The Balaban J connectivity index is 2.10. The van der Waals surface area contributed by atoms with Gasteiger partial charge in [-0.05, 0) is 47.0 Å². The molecule has 0 bridgehead atoms. The van der Waals surface area contributed by atoms with E-state index in [4.69, 9.17) is 9.84 Å². The van der Waals surface area contributed by atoms with E-state index in [9.17, 15) is 13.2 Å². The molecule has 1 aliphatic heterocycles. The van der Waals surface area contributed by atoms with Gasteiger partial charge in [-0.2, -0.15) is 0 Å². The standard InChI is InChI=1S/C12H14BrNO5S/c13-10-6-8(12(15)16)3-4-11(10)14-20(17,18)7-9-2-1-5-19-9/h3-4,6,9,14H,1-2,5,7H2,(H,15,16). The summed E-state index contributed by atoms with van der Waals surface area (Å²) in [5.41, 5.74) is 0.395. The normalized spacial score (nSPS) is 18.9. The van der Waals surface area contributed by atoms with Gasteiger partial charge < -0.3 is 9.84 Å². The zero-order valence-electron chi connectivity index (χ0n) is 10.5. The van der Waals surface area contributed by atoms with E-state index in [1.54, 1.807) is 0 Å². The lowest BCUT2D eigenvalue weighted by atomic mass is 10.2. The van der Waals surface area contributed by atoms with Crippen LogP contribution in [-0.4, -0.2) is 38.0 Å². The van der Waals surface area contributed by atoms with Gasteiger partial charge in [-0.3, -0.25) is 4.72 Å². The van der Waals surface area contributed by atoms with Crippen LogP contribution in [0.3, 0.4) is 0 Å². The van der Waals surface area contributed by atoms with E-state index < -0.39 is 16.0 Å². The second kappa shape index (κ2) is 6.11. The summed E-state index contributed by atoms with van der Waals surface area (Å²) >= 11 is 3.16. The first-order valence-corrected chi connectivity index (χ1v) is 8.47. The second-order valence-corrected chi connectivity index (χ2v) is 7.14. The zero-order valence-corrected chi connectivity index (χ0v) is 12.9. The Morgan fingerprint density at radius 1 is 1.50 bits per heavy atom. The topological polar surface area (TPSA) is 92.7 Å². The fourth-order valence-electron chi connectivity index (χ4n) is 1.96. The molecule has 2 N–H and O–H groups in total. The number of hydrogen-bond acceptors (Lipinski definition) is 4. The van der Waals surface area contributed by atoms with Gasteiger partial charge in [0.1, 0.15) is 0 Å². The van der Waals surface area contributed by atoms with E-state index in [1.165, 1.54) is 18.2 Å². The molecule has 1 heterocycles. The third-order valence-electron chi connectivity index (χ3n) is 2.91. The van der Waals surface area contributed by atoms with Gasteiger partial charge in [-0.25, -0.2) is 13.2 Å². The highest BCUT2D eigenvalue weighted by Gasteiger charge is 2.23. The minimum Gasteiger partial charge on any atom is -0.478 e. The molecule has 0 saturated carbocycles. The number of nitrogens with one attached hydrogen (secondary N) is 1. The van der Waals surface area contributed by atoms with Crippen molar-refractivity contribution in [3.63, 3.8) is 0 Å². The molecular weight excluding hydrogens is 350 g/mol. The number of anilines is 1. The van der Waals surface area contributed by atoms with Crippen LogP contribution < -0.4 is 4.72 Å². The van der Waals surface area contributed by atoms with Gasteiger partial charge >= 0.3 is 5.97 Å². The molecule has 1 fully saturated rings. The summed E-state index contributed by atoms with van der Waals surface area (Å²) in [6.07, 6.45) is 1.33. The zero-order chi connectivity index (χ0) is 14.8. The smallest absolute Gasteiger partial charge is 0.335 e. The number of halogens is 1. The van der Waals surface area contributed by atoms with Gasteiger partial charge in [-0.15, -0.1) is 0 Å². The molecule has 8 heteroatoms. The van der Waals surface area contributed by atoms with E-state index in [0.29, 0.717) is 16.8 Å². The number of carboxylic acids is 1. The Labute approximate surface area is 125 Å². The van der Waals surface area contributed by atoms with Crippen LogP contribution in [0, 0.1) is 0 Å². The van der Waals surface area contributed by atoms with Crippen LogP contribution in [0.1, 0.15) is 23.2 Å². The summed E-state index contributed by atoms with van der Waals surface area (Å²) in [7, 11) is -3.53. The van der Waals surface area contributed by atoms with Crippen molar-refractivity contribution in [1.29, 1.82) is 0 Å². The van der Waals surface area contributed by atoms with Crippen molar-refractivity contribution in [3.8, 4) is 0 Å². The fourth-order valence-corrected chi connectivity index (χ4v) is 3.92. The highest BCUT2D eigenvalue weighted by Crippen LogP contribution is 2.25. The number of carboxylic acid groups (broad SMARTS) is 1. The summed E-state index contributed by atoms with van der Waals surface area (Å²) in [6.45, 7) is 0.594. The lowest BCUT2D eigenvalue weighted by molar-refractivity contribution is 0.0697. The van der Waals surface area contributed by atoms with Gasteiger partial charge in [-0.1, -0.05) is 0 Å². The molecule has 0 aromatic heterocycles. The van der Waals surface area contributed by atoms with Crippen LogP contribution in [0.25, 0.3) is 0 Å². The first kappa shape index (κ1) is 15.3. The third kappa shape index (κ3) is 3.94. The lowest BCUT2D eigenvalue weighted by Crippen LogP contribution is -2.25. The molecule has 1 aromatic carbocycles. The number of hydrogen-bond donors (Lipinski definition) is 2. The molecule has 1 aliphatic rings. The van der Waals surface area contributed by atoms with Crippen molar-refractivity contribution in [3.05, 3.63) is 28.2 Å². The van der Waals surface area contributed by atoms with Gasteiger partial charge in [0.15, 0.2) is 0 Å². The van der Waals surface area contributed by atoms with Crippen molar-refractivity contribution < 1.29 is 23.1 Å². The molecular formula is C12H14BrNO5S. The average molecular weight is 364 g/mol. The summed E-state index contributed by atoms with van der Waals surface area (Å²) in [5, 5.41) is 8.85. The predicted molar refractivity (Wildman–Crippen MR) is 77.5 cm³/mol. The van der Waals surface area contributed by atoms with E-state index >= 15 is 0 Å². The Morgan fingerprint density at radius 2 is 2.25 bits per heavy atom. The Hall–Kier alpha value is -1.12. The lowest BCUT2D eigenvalue weighted by Gasteiger charge is -2.13. The van der Waals surface area contributed by atoms with Gasteiger partial charge in [0.25, 0.3) is 0 Å². The maximum Gasteiger partial charge on any atom is 0.335 e. The van der Waals surface area contributed by atoms with Crippen molar-refractivity contribution in [2.45, 2.75) is 18.9 Å².